The van der Waals surface area contributed by atoms with Crippen molar-refractivity contribution in [3.05, 3.63) is 59.3 Å². The van der Waals surface area contributed by atoms with Crippen LogP contribution >= 0.6 is 0 Å². The lowest BCUT2D eigenvalue weighted by atomic mass is 9.98. The van der Waals surface area contributed by atoms with Crippen LogP contribution in [0.4, 0.5) is 8.78 Å². The Morgan fingerprint density at radius 3 is 2.78 bits per heavy atom. The number of carbonyl (C=O) groups excluding carboxylic acids is 1. The van der Waals surface area contributed by atoms with Gasteiger partial charge in [0.05, 0.1) is 11.8 Å². The van der Waals surface area contributed by atoms with Gasteiger partial charge in [-0.25, -0.2) is 13.8 Å². The maximum atomic E-state index is 14.0. The maximum Gasteiger partial charge on any atom is 0.251 e. The van der Waals surface area contributed by atoms with E-state index in [2.05, 4.69) is 9.88 Å². The van der Waals surface area contributed by atoms with E-state index in [-0.39, 0.29) is 5.56 Å². The molecule has 0 spiro atoms. The Kier molecular flexibility index (Phi) is 5.70. The molecule has 1 atom stereocenters. The van der Waals surface area contributed by atoms with E-state index in [4.69, 9.17) is 10.5 Å². The Labute approximate surface area is 157 Å². The number of primary amides is 1. The van der Waals surface area contributed by atoms with E-state index in [9.17, 15) is 13.6 Å². The van der Waals surface area contributed by atoms with Crippen LogP contribution in [0.5, 0.6) is 5.88 Å². The summed E-state index contributed by atoms with van der Waals surface area (Å²) in [5.74, 6) is -1.41. The molecule has 0 radical (unpaired) electrons. The number of piperidine rings is 1. The van der Waals surface area contributed by atoms with E-state index >= 15 is 0 Å². The van der Waals surface area contributed by atoms with E-state index < -0.39 is 23.3 Å². The third-order valence-electron chi connectivity index (χ3n) is 4.98. The maximum absolute atomic E-state index is 14.0. The third kappa shape index (κ3) is 4.60. The van der Waals surface area contributed by atoms with Gasteiger partial charge >= 0.3 is 0 Å². The van der Waals surface area contributed by atoms with Crippen LogP contribution in [0.2, 0.25) is 0 Å². The summed E-state index contributed by atoms with van der Waals surface area (Å²) in [6.07, 6.45) is 4.63. The van der Waals surface area contributed by atoms with Crippen molar-refractivity contribution in [3.8, 4) is 5.88 Å². The molecule has 1 aromatic heterocycles. The van der Waals surface area contributed by atoms with Gasteiger partial charge in [-0.2, -0.15) is 0 Å². The number of amides is 1. The van der Waals surface area contributed by atoms with Crippen LogP contribution in [0.15, 0.2) is 36.5 Å². The van der Waals surface area contributed by atoms with Crippen molar-refractivity contribution in [1.82, 2.24) is 9.88 Å². The smallest absolute Gasteiger partial charge is 0.251 e. The van der Waals surface area contributed by atoms with Gasteiger partial charge in [0, 0.05) is 25.6 Å². The molecule has 0 bridgehead atoms. The molecule has 144 valence electrons. The van der Waals surface area contributed by atoms with Gasteiger partial charge in [0.25, 0.3) is 5.91 Å². The number of carbonyl (C=O) groups is 1. The van der Waals surface area contributed by atoms with Gasteiger partial charge < -0.3 is 10.5 Å². The van der Waals surface area contributed by atoms with Gasteiger partial charge in [-0.1, -0.05) is 6.07 Å². The normalized spacial score (nSPS) is 20.4. The number of nitrogens with two attached hydrogens (primary N) is 1. The first-order chi connectivity index (χ1) is 12.9. The topological polar surface area (TPSA) is 68.4 Å². The predicted octanol–water partition coefficient (Wildman–Crippen LogP) is 3.28. The van der Waals surface area contributed by atoms with E-state index in [1.54, 1.807) is 6.07 Å². The number of nitrogens with zero attached hydrogens (tertiary/aromatic N) is 2. The average Bonchev–Trinajstić information content (AvgIpc) is 2.62. The summed E-state index contributed by atoms with van der Waals surface area (Å²) in [5.41, 5.74) is 5.26. The largest absolute Gasteiger partial charge is 0.456 e. The fraction of sp³-hybridized carbons (Fsp3) is 0.400. The quantitative estimate of drug-likeness (QED) is 0.841. The molecule has 1 amide bonds. The van der Waals surface area contributed by atoms with E-state index in [0.29, 0.717) is 18.8 Å². The highest BCUT2D eigenvalue weighted by Crippen LogP contribution is 2.30. The average molecular weight is 375 g/mol. The van der Waals surface area contributed by atoms with Crippen LogP contribution in [-0.4, -0.2) is 34.6 Å². The summed E-state index contributed by atoms with van der Waals surface area (Å²) < 4.78 is 33.1. The first kappa shape index (κ1) is 19.2. The highest BCUT2D eigenvalue weighted by Gasteiger charge is 2.36. The number of ether oxygens (including phenoxy) is 1. The van der Waals surface area contributed by atoms with Crippen LogP contribution < -0.4 is 10.5 Å². The fourth-order valence-electron chi connectivity index (χ4n) is 3.44. The van der Waals surface area contributed by atoms with Crippen molar-refractivity contribution < 1.29 is 18.3 Å². The highest BCUT2D eigenvalue weighted by molar-refractivity contribution is 5.93. The summed E-state index contributed by atoms with van der Waals surface area (Å²) in [5, 5.41) is 0. The monoisotopic (exact) mass is 375 g/mol. The standard InChI is InChI=1S/C20H23F2N3O2/c1-20(27-18-7-5-15(21)13-24-18)9-2-3-10-25(20)11-8-14-4-6-16(19(23)26)17(22)12-14/h4-7,12-13H,2-3,8-11H2,1H3,(H2,23,26). The lowest BCUT2D eigenvalue weighted by molar-refractivity contribution is -0.0977. The zero-order valence-electron chi connectivity index (χ0n) is 15.3. The Hall–Kier alpha value is -2.54. The molecule has 1 saturated heterocycles. The number of pyridine rings is 1. The lowest BCUT2D eigenvalue weighted by Crippen LogP contribution is -2.54. The number of hydrogen-bond acceptors (Lipinski definition) is 4. The Balaban J connectivity index is 1.69. The summed E-state index contributed by atoms with van der Waals surface area (Å²) in [6, 6.07) is 7.32. The Morgan fingerprint density at radius 2 is 2.11 bits per heavy atom. The highest BCUT2D eigenvalue weighted by atomic mass is 19.1. The van der Waals surface area contributed by atoms with Gasteiger partial charge in [0.15, 0.2) is 5.72 Å². The van der Waals surface area contributed by atoms with Crippen LogP contribution in [-0.2, 0) is 6.42 Å². The van der Waals surface area contributed by atoms with Crippen molar-refractivity contribution in [2.45, 2.75) is 38.3 Å². The fourth-order valence-corrected chi connectivity index (χ4v) is 3.44. The summed E-state index contributed by atoms with van der Waals surface area (Å²) in [7, 11) is 0. The Bertz CT molecular complexity index is 813. The van der Waals surface area contributed by atoms with Crippen molar-refractivity contribution in [2.24, 2.45) is 5.73 Å². The molecule has 1 aliphatic heterocycles. The summed E-state index contributed by atoms with van der Waals surface area (Å²) >= 11 is 0. The number of halogens is 2. The molecule has 1 unspecified atom stereocenters. The number of rotatable bonds is 6. The van der Waals surface area contributed by atoms with Gasteiger partial charge in [-0.15, -0.1) is 0 Å². The molecule has 2 aromatic rings. The molecule has 1 fully saturated rings. The van der Waals surface area contributed by atoms with Crippen molar-refractivity contribution >= 4 is 5.91 Å². The molecule has 1 aliphatic rings. The number of aromatic nitrogens is 1. The van der Waals surface area contributed by atoms with E-state index in [1.165, 1.54) is 24.3 Å². The third-order valence-corrected chi connectivity index (χ3v) is 4.98. The van der Waals surface area contributed by atoms with Gasteiger partial charge in [0.2, 0.25) is 5.88 Å². The molecule has 3 rings (SSSR count). The minimum absolute atomic E-state index is 0.104. The van der Waals surface area contributed by atoms with Crippen molar-refractivity contribution in [2.75, 3.05) is 13.1 Å². The van der Waals surface area contributed by atoms with Gasteiger partial charge in [0.1, 0.15) is 11.6 Å². The molecule has 1 aromatic carbocycles. The zero-order valence-corrected chi connectivity index (χ0v) is 15.3. The predicted molar refractivity (Wildman–Crippen MR) is 97.3 cm³/mol. The minimum atomic E-state index is -0.775. The summed E-state index contributed by atoms with van der Waals surface area (Å²) in [4.78, 5) is 17.3. The second-order valence-electron chi connectivity index (χ2n) is 6.96. The molecule has 2 heterocycles. The number of likely N-dealkylation sites (tertiary alicyclic amines) is 1. The zero-order chi connectivity index (χ0) is 19.4. The molecule has 27 heavy (non-hydrogen) atoms. The molecule has 0 saturated carbocycles. The van der Waals surface area contributed by atoms with Crippen LogP contribution in [0.1, 0.15) is 42.1 Å². The number of benzene rings is 1. The summed E-state index contributed by atoms with van der Waals surface area (Å²) in [6.45, 7) is 3.50. The van der Waals surface area contributed by atoms with Crippen molar-refractivity contribution in [3.63, 3.8) is 0 Å². The van der Waals surface area contributed by atoms with E-state index in [1.807, 2.05) is 6.92 Å². The lowest BCUT2D eigenvalue weighted by Gasteiger charge is -2.44. The number of hydrogen-bond donors (Lipinski definition) is 1. The van der Waals surface area contributed by atoms with Crippen molar-refractivity contribution in [1.29, 1.82) is 0 Å². The SMILES string of the molecule is CC1(Oc2ccc(F)cn2)CCCCN1CCc1ccc(C(N)=O)c(F)c1. The van der Waals surface area contributed by atoms with Crippen LogP contribution in [0, 0.1) is 11.6 Å². The second-order valence-corrected chi connectivity index (χ2v) is 6.96. The molecule has 7 heteroatoms. The molecule has 2 N–H and O–H groups in total. The minimum Gasteiger partial charge on any atom is -0.456 e. The van der Waals surface area contributed by atoms with Crippen LogP contribution in [0.3, 0.4) is 0 Å². The second kappa shape index (κ2) is 8.00. The van der Waals surface area contributed by atoms with Crippen LogP contribution in [0.25, 0.3) is 0 Å². The van der Waals surface area contributed by atoms with Gasteiger partial charge in [-0.05, 0) is 49.9 Å². The van der Waals surface area contributed by atoms with Gasteiger partial charge in [-0.3, -0.25) is 9.69 Å². The molecule has 0 aliphatic carbocycles. The first-order valence-electron chi connectivity index (χ1n) is 9.01. The first-order valence-corrected chi connectivity index (χ1v) is 9.01. The molecular weight excluding hydrogens is 352 g/mol. The Morgan fingerprint density at radius 1 is 1.30 bits per heavy atom. The van der Waals surface area contributed by atoms with E-state index in [0.717, 1.165) is 37.6 Å². The molecule has 5 nitrogen and oxygen atoms in total. The molecular formula is C20H23F2N3O2.